The Morgan fingerprint density at radius 3 is 2.02 bits per heavy atom. The number of thiophene rings is 1. The Morgan fingerprint density at radius 1 is 0.420 bits per heavy atom. The summed E-state index contributed by atoms with van der Waals surface area (Å²) in [6.07, 6.45) is 0. The Morgan fingerprint density at radius 2 is 1.10 bits per heavy atom. The highest BCUT2D eigenvalue weighted by Crippen LogP contribution is 2.48. The summed E-state index contributed by atoms with van der Waals surface area (Å²) in [5.41, 5.74) is 8.95. The Labute approximate surface area is 290 Å². The second-order valence-corrected chi connectivity index (χ2v) is 13.9. The van der Waals surface area contributed by atoms with Gasteiger partial charge in [-0.1, -0.05) is 115 Å². The first-order valence-electron chi connectivity index (χ1n) is 16.8. The van der Waals surface area contributed by atoms with Crippen LogP contribution in [0.1, 0.15) is 0 Å². The molecule has 0 amide bonds. The van der Waals surface area contributed by atoms with Crippen LogP contribution in [0, 0.1) is 0 Å². The van der Waals surface area contributed by atoms with Crippen molar-refractivity contribution in [1.82, 2.24) is 0 Å². The van der Waals surface area contributed by atoms with E-state index in [9.17, 15) is 0 Å². The van der Waals surface area contributed by atoms with Crippen molar-refractivity contribution in [1.29, 1.82) is 0 Å². The van der Waals surface area contributed by atoms with Crippen molar-refractivity contribution in [2.75, 3.05) is 4.90 Å². The van der Waals surface area contributed by atoms with Gasteiger partial charge in [-0.2, -0.15) is 0 Å². The van der Waals surface area contributed by atoms with E-state index in [0.29, 0.717) is 0 Å². The van der Waals surface area contributed by atoms with E-state index in [4.69, 9.17) is 8.83 Å². The number of hydrogen-bond donors (Lipinski definition) is 0. The summed E-state index contributed by atoms with van der Waals surface area (Å²) in [4.78, 5) is 2.33. The standard InChI is InChI=1S/C46H27NO2S/c1-2-11-31-28(10-1)24-27-37-43-38(17-9-20-41(43)49-44(31)37)47(39-18-8-15-35-33-12-3-5-19-40(33)48-45(35)39)30-25-22-29(23-26-30)32-14-7-16-36-34-13-4-6-21-42(34)50-46(32)36/h1-27H. The molecule has 3 nitrogen and oxygen atoms in total. The predicted molar refractivity (Wildman–Crippen MR) is 212 cm³/mol. The van der Waals surface area contributed by atoms with Gasteiger partial charge < -0.3 is 13.7 Å². The van der Waals surface area contributed by atoms with E-state index in [0.717, 1.165) is 71.7 Å². The maximum absolute atomic E-state index is 6.66. The van der Waals surface area contributed by atoms with Gasteiger partial charge in [-0.05, 0) is 65.0 Å². The summed E-state index contributed by atoms with van der Waals surface area (Å²) in [5, 5.41) is 9.23. The molecule has 0 saturated heterocycles. The average molecular weight is 658 g/mol. The van der Waals surface area contributed by atoms with Crippen molar-refractivity contribution >= 4 is 103 Å². The van der Waals surface area contributed by atoms with Gasteiger partial charge >= 0.3 is 0 Å². The third-order valence-electron chi connectivity index (χ3n) is 10.1. The quantitative estimate of drug-likeness (QED) is 0.189. The number of fused-ring (bicyclic) bond motifs is 11. The third-order valence-corrected chi connectivity index (χ3v) is 11.3. The molecule has 234 valence electrons. The largest absolute Gasteiger partial charge is 0.455 e. The molecule has 0 radical (unpaired) electrons. The summed E-state index contributed by atoms with van der Waals surface area (Å²) in [5.74, 6) is 0. The van der Waals surface area contributed by atoms with E-state index in [1.807, 2.05) is 23.5 Å². The Hall–Kier alpha value is -6.36. The fourth-order valence-corrected chi connectivity index (χ4v) is 9.04. The fourth-order valence-electron chi connectivity index (χ4n) is 7.80. The molecule has 0 aliphatic carbocycles. The normalized spacial score (nSPS) is 12.0. The third kappa shape index (κ3) is 3.97. The van der Waals surface area contributed by atoms with Crippen molar-refractivity contribution < 1.29 is 8.83 Å². The number of benzene rings is 8. The molecule has 0 spiro atoms. The maximum Gasteiger partial charge on any atom is 0.159 e. The molecule has 3 heterocycles. The lowest BCUT2D eigenvalue weighted by atomic mass is 10.0. The molecule has 4 heteroatoms. The van der Waals surface area contributed by atoms with Crippen LogP contribution < -0.4 is 4.90 Å². The number of furan rings is 2. The molecule has 0 aliphatic rings. The van der Waals surface area contributed by atoms with Crippen molar-refractivity contribution in [3.63, 3.8) is 0 Å². The highest BCUT2D eigenvalue weighted by atomic mass is 32.1. The van der Waals surface area contributed by atoms with Gasteiger partial charge in [0.25, 0.3) is 0 Å². The molecule has 8 aromatic carbocycles. The Balaban J connectivity index is 1.16. The van der Waals surface area contributed by atoms with Gasteiger partial charge in [0.15, 0.2) is 5.58 Å². The SMILES string of the molecule is c1ccc2c(c1)ccc1c2oc2cccc(N(c3ccc(-c4cccc5c4sc4ccccc45)cc3)c3cccc4c3oc3ccccc34)c21. The van der Waals surface area contributed by atoms with Crippen LogP contribution in [0.4, 0.5) is 17.1 Å². The van der Waals surface area contributed by atoms with Crippen LogP contribution in [0.25, 0.3) is 85.9 Å². The van der Waals surface area contributed by atoms with Crippen LogP contribution in [0.3, 0.4) is 0 Å². The minimum absolute atomic E-state index is 0.850. The summed E-state index contributed by atoms with van der Waals surface area (Å²) >= 11 is 1.86. The summed E-state index contributed by atoms with van der Waals surface area (Å²) in [7, 11) is 0. The fraction of sp³-hybridized carbons (Fsp3) is 0. The predicted octanol–water partition coefficient (Wildman–Crippen LogP) is 14.1. The zero-order valence-electron chi connectivity index (χ0n) is 26.8. The van der Waals surface area contributed by atoms with Crippen LogP contribution >= 0.6 is 11.3 Å². The lowest BCUT2D eigenvalue weighted by Gasteiger charge is -2.26. The number of hydrogen-bond acceptors (Lipinski definition) is 4. The van der Waals surface area contributed by atoms with Crippen LogP contribution in [0.15, 0.2) is 173 Å². The number of nitrogens with zero attached hydrogens (tertiary/aromatic N) is 1. The van der Waals surface area contributed by atoms with Crippen molar-refractivity contribution in [2.45, 2.75) is 0 Å². The summed E-state index contributed by atoms with van der Waals surface area (Å²) in [6, 6.07) is 58.2. The topological polar surface area (TPSA) is 29.5 Å². The summed E-state index contributed by atoms with van der Waals surface area (Å²) < 4.78 is 15.9. The molecule has 0 unspecified atom stereocenters. The van der Waals surface area contributed by atoms with Crippen molar-refractivity contribution in [3.8, 4) is 11.1 Å². The molecule has 0 fully saturated rings. The molecule has 0 N–H and O–H groups in total. The van der Waals surface area contributed by atoms with Crippen molar-refractivity contribution in [2.24, 2.45) is 0 Å². The molecule has 0 bridgehead atoms. The van der Waals surface area contributed by atoms with Gasteiger partial charge in [0.2, 0.25) is 0 Å². The monoisotopic (exact) mass is 657 g/mol. The lowest BCUT2D eigenvalue weighted by Crippen LogP contribution is -2.10. The molecule has 11 aromatic rings. The molecule has 50 heavy (non-hydrogen) atoms. The van der Waals surface area contributed by atoms with E-state index in [1.54, 1.807) is 0 Å². The van der Waals surface area contributed by atoms with Gasteiger partial charge in [0.05, 0.1) is 16.8 Å². The molecule has 0 aliphatic heterocycles. The minimum atomic E-state index is 0.850. The van der Waals surface area contributed by atoms with Gasteiger partial charge in [-0.15, -0.1) is 11.3 Å². The van der Waals surface area contributed by atoms with Gasteiger partial charge in [-0.3, -0.25) is 0 Å². The average Bonchev–Trinajstić information content (AvgIpc) is 3.87. The molecule has 0 saturated carbocycles. The molecular weight excluding hydrogens is 631 g/mol. The zero-order chi connectivity index (χ0) is 32.8. The first-order valence-corrected chi connectivity index (χ1v) is 17.7. The van der Waals surface area contributed by atoms with Crippen LogP contribution in [-0.2, 0) is 0 Å². The van der Waals surface area contributed by atoms with E-state index < -0.39 is 0 Å². The lowest BCUT2D eigenvalue weighted by molar-refractivity contribution is 0.669. The molecule has 3 aromatic heterocycles. The first kappa shape index (κ1) is 27.6. The summed E-state index contributed by atoms with van der Waals surface area (Å²) in [6.45, 7) is 0. The van der Waals surface area contributed by atoms with Crippen LogP contribution in [0.5, 0.6) is 0 Å². The number of para-hydroxylation sites is 2. The molecule has 11 rings (SSSR count). The Kier molecular flexibility index (Phi) is 5.83. The molecule has 0 atom stereocenters. The minimum Gasteiger partial charge on any atom is -0.455 e. The van der Waals surface area contributed by atoms with E-state index in [1.165, 1.54) is 31.3 Å². The Bertz CT molecular complexity index is 3110. The zero-order valence-corrected chi connectivity index (χ0v) is 27.6. The van der Waals surface area contributed by atoms with Crippen LogP contribution in [0.2, 0.25) is 0 Å². The maximum atomic E-state index is 6.66. The van der Waals surface area contributed by atoms with Gasteiger partial charge in [0, 0.05) is 47.4 Å². The molecular formula is C46H27NO2S. The van der Waals surface area contributed by atoms with Gasteiger partial charge in [-0.25, -0.2) is 0 Å². The highest BCUT2D eigenvalue weighted by molar-refractivity contribution is 7.26. The van der Waals surface area contributed by atoms with Gasteiger partial charge in [0.1, 0.15) is 16.7 Å². The smallest absolute Gasteiger partial charge is 0.159 e. The second kappa shape index (κ2) is 10.6. The van der Waals surface area contributed by atoms with Crippen LogP contribution in [-0.4, -0.2) is 0 Å². The number of rotatable bonds is 4. The van der Waals surface area contributed by atoms with E-state index in [-0.39, 0.29) is 0 Å². The highest BCUT2D eigenvalue weighted by Gasteiger charge is 2.24. The number of anilines is 3. The second-order valence-electron chi connectivity index (χ2n) is 12.8. The van der Waals surface area contributed by atoms with E-state index >= 15 is 0 Å². The van der Waals surface area contributed by atoms with E-state index in [2.05, 4.69) is 157 Å². The van der Waals surface area contributed by atoms with Crippen molar-refractivity contribution in [3.05, 3.63) is 164 Å². The first-order chi connectivity index (χ1) is 24.8.